The number of aliphatic hydroxyl groups is 1. The predicted octanol–water partition coefficient (Wildman–Crippen LogP) is 6.88. The van der Waals surface area contributed by atoms with Crippen LogP contribution in [0.4, 0.5) is 5.69 Å². The Morgan fingerprint density at radius 1 is 0.771 bits per heavy atom. The minimum absolute atomic E-state index is 0.0603. The van der Waals surface area contributed by atoms with Gasteiger partial charge in [-0.25, -0.2) is 9.59 Å². The highest BCUT2D eigenvalue weighted by Gasteiger charge is 2.80. The summed E-state index contributed by atoms with van der Waals surface area (Å²) in [7, 11) is 5.94. The second-order valence-corrected chi connectivity index (χ2v) is 26.8. The Kier molecular flexibility index (Phi) is 20.2. The fourth-order valence-corrected chi connectivity index (χ4v) is 17.3. The maximum Gasteiger partial charge on any atom is 0.344 e. The second kappa shape index (κ2) is 28.2. The highest BCUT2D eigenvalue weighted by molar-refractivity contribution is 5.98. The molecule has 1 spiro atoms. The number of hydrogen-bond donors (Lipinski definition) is 4. The first kappa shape index (κ1) is 68.8. The van der Waals surface area contributed by atoms with Gasteiger partial charge in [-0.05, 0) is 111 Å². The largest absolute Gasteiger partial charge is 0.496 e. The van der Waals surface area contributed by atoms with Crippen LogP contribution < -0.4 is 20.3 Å². The minimum atomic E-state index is -2.41. The number of anilines is 1. The van der Waals surface area contributed by atoms with Crippen molar-refractivity contribution in [2.45, 2.75) is 171 Å². The average Bonchev–Trinajstić information content (AvgIpc) is 1.45. The van der Waals surface area contributed by atoms with Crippen LogP contribution in [0.2, 0.25) is 0 Å². The van der Waals surface area contributed by atoms with Crippen LogP contribution in [0, 0.1) is 11.3 Å². The van der Waals surface area contributed by atoms with E-state index in [0.29, 0.717) is 110 Å². The first-order valence-electron chi connectivity index (χ1n) is 33.8. The van der Waals surface area contributed by atoms with Crippen molar-refractivity contribution in [3.05, 3.63) is 143 Å². The average molecular weight is 1320 g/mol. The molecule has 1 saturated carbocycles. The van der Waals surface area contributed by atoms with Gasteiger partial charge in [0.05, 0.1) is 39.8 Å². The van der Waals surface area contributed by atoms with Crippen LogP contribution in [0.25, 0.3) is 10.9 Å². The highest BCUT2D eigenvalue weighted by Crippen LogP contribution is 2.68. The van der Waals surface area contributed by atoms with Crippen molar-refractivity contribution in [2.24, 2.45) is 11.3 Å². The molecule has 1 aliphatic carbocycles. The van der Waals surface area contributed by atoms with Gasteiger partial charge >= 0.3 is 29.8 Å². The third-order valence-corrected chi connectivity index (χ3v) is 21.7. The number of para-hydroxylation sites is 1. The van der Waals surface area contributed by atoms with Crippen molar-refractivity contribution in [1.82, 2.24) is 30.3 Å². The van der Waals surface area contributed by atoms with Gasteiger partial charge in [0, 0.05) is 77.8 Å². The Balaban J connectivity index is 0.949. The molecule has 5 aliphatic heterocycles. The van der Waals surface area contributed by atoms with Crippen LogP contribution in [0.1, 0.15) is 126 Å². The van der Waals surface area contributed by atoms with Crippen LogP contribution in [0.3, 0.4) is 0 Å². The summed E-state index contributed by atoms with van der Waals surface area (Å²) in [6.07, 6.45) is 5.45. The van der Waals surface area contributed by atoms with Crippen LogP contribution >= 0.6 is 0 Å². The van der Waals surface area contributed by atoms with Gasteiger partial charge in [0.2, 0.25) is 23.3 Å². The molecule has 0 bridgehead atoms. The van der Waals surface area contributed by atoms with Crippen LogP contribution in [0.5, 0.6) is 5.75 Å². The van der Waals surface area contributed by atoms with Gasteiger partial charge in [-0.2, -0.15) is 0 Å². The SMILES string of the molecule is CCCN1CCC[C@](C(=O)OC)(c2cc3c(cc2OC)N(C)[C@H]2[C@@](O)(C(=O)OC)[C@H](OC(C)=O)[C@]4(CC)C=CCN5CC[C@]32[C@@H]54)c2[nH]c3ccccc3c2C[C@H]1C(=O)N1CCC[C@H]1C(=O)N[C@H](C(=O)N[C@@H](CC(=O)OCc1ccccc1)C(=O)OCc1ccccc1)[C@@H](C)CC. The smallest absolute Gasteiger partial charge is 0.344 e. The number of likely N-dealkylation sites (N-methyl/N-ethyl adjacent to an activating group) is 1. The zero-order chi connectivity index (χ0) is 68.4. The third kappa shape index (κ3) is 11.9. The van der Waals surface area contributed by atoms with Gasteiger partial charge in [0.25, 0.3) is 0 Å². The van der Waals surface area contributed by atoms with E-state index in [1.54, 1.807) is 48.2 Å². The lowest BCUT2D eigenvalue weighted by molar-refractivity contribution is -0.228. The van der Waals surface area contributed by atoms with E-state index in [4.69, 9.17) is 28.4 Å². The maximum absolute atomic E-state index is 16.1. The summed E-state index contributed by atoms with van der Waals surface area (Å²) in [4.78, 5) is 129. The van der Waals surface area contributed by atoms with Gasteiger partial charge in [0.15, 0.2) is 6.10 Å². The quantitative estimate of drug-likeness (QED) is 0.0312. The standard InChI is InChI=1S/C74H91N7O15/c1-10-34-79-35-23-32-72(69(88)92-8,52-40-51-56(42-58(52)91-7)78(6)67-73(51)33-38-80-36-22-31-71(12-3,66(73)80)68(96-46(5)82)74(67,90)70(89)93-9)61-50(49-28-19-20-29-53(49)75-61)39-57(79)64(86)81-37-21-30-55(81)62(84)77-60(45(4)11-2)63(85)76-54(65(87)95-44-48-26-17-14-18-27-48)41-59(83)94-43-47-24-15-13-16-25-47/h13-20,22,24-29,31,40,42,45,54-55,57,60,66-68,75,90H,10-12,21,23,30,32-39,41,43-44H2,1-9H3,(H,76,85)(H,77,84)/t45-,54-,55-,57-,60-,66-,67+,68+,71+,72-,73+,74-/m0/s1. The van der Waals surface area contributed by atoms with Crippen molar-refractivity contribution in [3.8, 4) is 5.75 Å². The number of H-pyrrole nitrogens is 1. The fraction of sp³-hybridized carbons (Fsp3) is 0.514. The number of benzene rings is 4. The number of nitrogens with one attached hydrogen (secondary N) is 3. The number of hydrogen-bond acceptors (Lipinski definition) is 18. The molecule has 1 aromatic heterocycles. The van der Waals surface area contributed by atoms with E-state index in [0.717, 1.165) is 16.5 Å². The number of aromatic amines is 1. The molecule has 5 aromatic rings. The summed E-state index contributed by atoms with van der Waals surface area (Å²) < 4.78 is 35.5. The molecule has 4 aromatic carbocycles. The summed E-state index contributed by atoms with van der Waals surface area (Å²) >= 11 is 0. The molecular formula is C74H91N7O15. The number of amides is 3. The van der Waals surface area contributed by atoms with Gasteiger partial charge in [-0.1, -0.05) is 125 Å². The van der Waals surface area contributed by atoms with E-state index in [9.17, 15) is 29.1 Å². The first-order valence-corrected chi connectivity index (χ1v) is 33.8. The lowest BCUT2D eigenvalue weighted by atomic mass is 9.47. The molecule has 0 unspecified atom stereocenters. The molecule has 0 radical (unpaired) electrons. The summed E-state index contributed by atoms with van der Waals surface area (Å²) in [5.74, 6) is -5.54. The summed E-state index contributed by atoms with van der Waals surface area (Å²) in [6.45, 7) is 11.0. The monoisotopic (exact) mass is 1320 g/mol. The maximum atomic E-state index is 16.1. The van der Waals surface area contributed by atoms with E-state index >= 15 is 14.4 Å². The van der Waals surface area contributed by atoms with Gasteiger partial charge in [0.1, 0.15) is 42.5 Å². The lowest BCUT2D eigenvalue weighted by Crippen LogP contribution is -2.81. The number of nitrogens with zero attached hydrogens (tertiary/aromatic N) is 4. The van der Waals surface area contributed by atoms with E-state index in [1.807, 2.05) is 106 Å². The minimum Gasteiger partial charge on any atom is -0.496 e. The Hall–Kier alpha value is -8.60. The summed E-state index contributed by atoms with van der Waals surface area (Å²) in [5, 5.41) is 20.1. The molecule has 11 rings (SSSR count). The van der Waals surface area contributed by atoms with E-state index in [-0.39, 0.29) is 38.5 Å². The normalized spacial score (nSPS) is 26.8. The number of methoxy groups -OCH3 is 3. The summed E-state index contributed by atoms with van der Waals surface area (Å²) in [6, 6.07) is 23.6. The van der Waals surface area contributed by atoms with Crippen molar-refractivity contribution >= 4 is 64.2 Å². The number of fused-ring (bicyclic) bond motifs is 4. The molecule has 96 heavy (non-hydrogen) atoms. The first-order chi connectivity index (χ1) is 46.2. The van der Waals surface area contributed by atoms with Crippen LogP contribution in [-0.4, -0.2) is 181 Å². The number of ether oxygens (including phenoxy) is 6. The van der Waals surface area contributed by atoms with Crippen molar-refractivity contribution in [2.75, 3.05) is 66.0 Å². The number of aromatic nitrogens is 1. The Labute approximate surface area is 560 Å². The Bertz CT molecular complexity index is 3790. The number of likely N-dealkylation sites (tertiary alicyclic amines) is 1. The van der Waals surface area contributed by atoms with E-state index < -0.39 is 118 Å². The second-order valence-electron chi connectivity index (χ2n) is 26.8. The van der Waals surface area contributed by atoms with Crippen molar-refractivity contribution in [3.63, 3.8) is 0 Å². The molecule has 6 aliphatic rings. The van der Waals surface area contributed by atoms with Crippen molar-refractivity contribution < 1.29 is 71.9 Å². The Morgan fingerprint density at radius 3 is 2.11 bits per heavy atom. The molecule has 512 valence electrons. The van der Waals surface area contributed by atoms with E-state index in [2.05, 4.69) is 25.4 Å². The van der Waals surface area contributed by atoms with Crippen LogP contribution in [0.15, 0.2) is 109 Å². The lowest BCUT2D eigenvalue weighted by Gasteiger charge is -2.63. The van der Waals surface area contributed by atoms with Gasteiger partial charge in [-0.15, -0.1) is 0 Å². The summed E-state index contributed by atoms with van der Waals surface area (Å²) in [5.41, 5.74) is -1.03. The molecule has 4 N–H and O–H groups in total. The highest BCUT2D eigenvalue weighted by atomic mass is 16.6. The Morgan fingerprint density at radius 2 is 1.46 bits per heavy atom. The number of carbonyl (C=O) groups is 8. The molecular weight excluding hydrogens is 1230 g/mol. The van der Waals surface area contributed by atoms with Crippen LogP contribution in [-0.2, 0) is 92.5 Å². The van der Waals surface area contributed by atoms with Gasteiger partial charge in [-0.3, -0.25) is 38.6 Å². The topological polar surface area (TPSA) is 265 Å². The van der Waals surface area contributed by atoms with Crippen molar-refractivity contribution in [1.29, 1.82) is 0 Å². The van der Waals surface area contributed by atoms with E-state index in [1.165, 1.54) is 28.3 Å². The zero-order valence-electron chi connectivity index (χ0n) is 56.5. The third-order valence-electron chi connectivity index (χ3n) is 21.7. The molecule has 3 amide bonds. The number of rotatable bonds is 22. The van der Waals surface area contributed by atoms with Gasteiger partial charge < -0.3 is 58.9 Å². The molecule has 12 atom stereocenters. The molecule has 3 fully saturated rings. The zero-order valence-corrected chi connectivity index (χ0v) is 56.5. The molecule has 22 nitrogen and oxygen atoms in total. The molecule has 6 heterocycles. The number of carbonyl (C=O) groups excluding carboxylic acids is 8. The molecule has 2 saturated heterocycles. The molecule has 22 heteroatoms. The number of esters is 5. The predicted molar refractivity (Wildman–Crippen MR) is 356 cm³/mol. The fourth-order valence-electron chi connectivity index (χ4n) is 17.3.